The van der Waals surface area contributed by atoms with Gasteiger partial charge in [0.15, 0.2) is 5.69 Å². The van der Waals surface area contributed by atoms with E-state index in [1.54, 1.807) is 22.9 Å². The van der Waals surface area contributed by atoms with Crippen LogP contribution in [0.3, 0.4) is 0 Å². The van der Waals surface area contributed by atoms with Gasteiger partial charge in [-0.2, -0.15) is 5.10 Å². The Hall–Kier alpha value is -3.04. The van der Waals surface area contributed by atoms with Crippen molar-refractivity contribution in [3.63, 3.8) is 0 Å². The van der Waals surface area contributed by atoms with Gasteiger partial charge in [0, 0.05) is 16.1 Å². The van der Waals surface area contributed by atoms with Gasteiger partial charge in [0.1, 0.15) is 0 Å². The molecule has 0 atom stereocenters. The first-order chi connectivity index (χ1) is 14.4. The van der Waals surface area contributed by atoms with Crippen LogP contribution in [0.25, 0.3) is 16.3 Å². The van der Waals surface area contributed by atoms with Crippen LogP contribution in [-0.2, 0) is 0 Å². The molecule has 2 aromatic carbocycles. The van der Waals surface area contributed by atoms with Gasteiger partial charge in [0.05, 0.1) is 26.2 Å². The number of nitrogens with zero attached hydrogens (tertiary/aromatic N) is 2. The zero-order valence-corrected chi connectivity index (χ0v) is 18.1. The van der Waals surface area contributed by atoms with Crippen molar-refractivity contribution in [3.05, 3.63) is 92.4 Å². The molecule has 0 aliphatic rings. The summed E-state index contributed by atoms with van der Waals surface area (Å²) in [5.74, 6) is 5.74. The topological polar surface area (TPSA) is 60.9 Å². The number of hydrogen-bond donors (Lipinski definition) is 1. The van der Waals surface area contributed by atoms with Crippen LogP contribution in [0, 0.1) is 18.8 Å². The molecule has 0 aliphatic carbocycles. The van der Waals surface area contributed by atoms with Crippen LogP contribution in [-0.4, -0.2) is 15.7 Å². The Morgan fingerprint density at radius 2 is 1.83 bits per heavy atom. The first kappa shape index (κ1) is 20.2. The fourth-order valence-electron chi connectivity index (χ4n) is 3.03. The third-order valence-corrected chi connectivity index (χ3v) is 5.98. The quantitative estimate of drug-likeness (QED) is 0.405. The summed E-state index contributed by atoms with van der Waals surface area (Å²) in [6, 6.07) is 18.8. The number of primary amides is 1. The summed E-state index contributed by atoms with van der Waals surface area (Å²) in [6.07, 6.45) is 0. The predicted octanol–water partition coefficient (Wildman–Crippen LogP) is 5.71. The van der Waals surface area contributed by atoms with E-state index in [9.17, 15) is 4.79 Å². The van der Waals surface area contributed by atoms with E-state index in [1.165, 1.54) is 11.3 Å². The number of halogens is 2. The number of hydrogen-bond acceptors (Lipinski definition) is 3. The van der Waals surface area contributed by atoms with Crippen molar-refractivity contribution in [2.75, 3.05) is 0 Å². The molecule has 0 radical (unpaired) electrons. The molecule has 148 valence electrons. The van der Waals surface area contributed by atoms with Gasteiger partial charge in [0.25, 0.3) is 5.91 Å². The minimum atomic E-state index is -0.599. The minimum absolute atomic E-state index is 0.196. The van der Waals surface area contributed by atoms with Gasteiger partial charge in [0.2, 0.25) is 0 Å². The Morgan fingerprint density at radius 3 is 2.53 bits per heavy atom. The van der Waals surface area contributed by atoms with E-state index < -0.39 is 5.91 Å². The Labute approximate surface area is 187 Å². The Balaban J connectivity index is 1.82. The molecule has 0 aliphatic heterocycles. The molecule has 0 saturated heterocycles. The lowest BCUT2D eigenvalue weighted by Gasteiger charge is -2.09. The zero-order chi connectivity index (χ0) is 21.3. The molecule has 0 unspecified atom stereocenters. The highest BCUT2D eigenvalue weighted by Gasteiger charge is 2.22. The van der Waals surface area contributed by atoms with Crippen LogP contribution >= 0.6 is 34.5 Å². The fraction of sp³-hybridized carbons (Fsp3) is 0.0435. The van der Waals surface area contributed by atoms with Crippen molar-refractivity contribution >= 4 is 40.4 Å². The fourth-order valence-corrected chi connectivity index (χ4v) is 4.47. The van der Waals surface area contributed by atoms with E-state index in [0.29, 0.717) is 21.3 Å². The first-order valence-electron chi connectivity index (χ1n) is 8.96. The molecule has 1 amide bonds. The van der Waals surface area contributed by atoms with Crippen LogP contribution in [0.2, 0.25) is 10.0 Å². The number of carbonyl (C=O) groups excluding carboxylic acids is 1. The van der Waals surface area contributed by atoms with Crippen molar-refractivity contribution < 1.29 is 4.79 Å². The van der Waals surface area contributed by atoms with Crippen molar-refractivity contribution in [1.82, 2.24) is 9.78 Å². The van der Waals surface area contributed by atoms with E-state index in [0.717, 1.165) is 21.0 Å². The predicted molar refractivity (Wildman–Crippen MR) is 123 cm³/mol. The standard InChI is InChI=1S/C23H15Cl2N3OS/c1-14-21(23(26)29)27-28(19-11-8-16(24)13-18(19)25)22(14)20-12-10-17(30-20)9-7-15-5-3-2-4-6-15/h2-6,8,10-13H,1H3,(H2,26,29). The molecule has 2 N–H and O–H groups in total. The van der Waals surface area contributed by atoms with E-state index >= 15 is 0 Å². The second kappa shape index (κ2) is 8.37. The van der Waals surface area contributed by atoms with Crippen molar-refractivity contribution in [2.45, 2.75) is 6.92 Å². The third kappa shape index (κ3) is 3.99. The number of nitrogens with two attached hydrogens (primary N) is 1. The maximum absolute atomic E-state index is 11.9. The number of amides is 1. The van der Waals surface area contributed by atoms with Gasteiger partial charge >= 0.3 is 0 Å². The van der Waals surface area contributed by atoms with Crippen molar-refractivity contribution in [1.29, 1.82) is 0 Å². The molecule has 4 aromatic rings. The van der Waals surface area contributed by atoms with Gasteiger partial charge in [-0.05, 0) is 49.4 Å². The number of benzene rings is 2. The minimum Gasteiger partial charge on any atom is -0.364 e. The van der Waals surface area contributed by atoms with E-state index in [1.807, 2.05) is 49.4 Å². The molecule has 2 heterocycles. The van der Waals surface area contributed by atoms with Gasteiger partial charge in [-0.15, -0.1) is 11.3 Å². The molecule has 0 saturated carbocycles. The highest BCUT2D eigenvalue weighted by atomic mass is 35.5. The lowest BCUT2D eigenvalue weighted by atomic mass is 10.1. The summed E-state index contributed by atoms with van der Waals surface area (Å²) in [7, 11) is 0. The third-order valence-electron chi connectivity index (χ3n) is 4.44. The zero-order valence-electron chi connectivity index (χ0n) is 15.8. The lowest BCUT2D eigenvalue weighted by Crippen LogP contribution is -2.13. The van der Waals surface area contributed by atoms with Gasteiger partial charge < -0.3 is 5.73 Å². The Bertz CT molecular complexity index is 1310. The summed E-state index contributed by atoms with van der Waals surface area (Å²) >= 11 is 13.9. The summed E-state index contributed by atoms with van der Waals surface area (Å²) in [4.78, 5) is 13.7. The number of rotatable bonds is 3. The smallest absolute Gasteiger partial charge is 0.269 e. The van der Waals surface area contributed by atoms with E-state index in [-0.39, 0.29) is 5.69 Å². The molecule has 0 fully saturated rings. The maximum atomic E-state index is 11.9. The van der Waals surface area contributed by atoms with Gasteiger partial charge in [-0.3, -0.25) is 4.79 Å². The summed E-state index contributed by atoms with van der Waals surface area (Å²) in [5.41, 5.74) is 8.71. The normalized spacial score (nSPS) is 10.5. The molecule has 4 rings (SSSR count). The second-order valence-electron chi connectivity index (χ2n) is 6.47. The van der Waals surface area contributed by atoms with Crippen molar-refractivity contribution in [3.8, 4) is 28.1 Å². The molecular weight excluding hydrogens is 437 g/mol. The second-order valence-corrected chi connectivity index (χ2v) is 8.40. The Morgan fingerprint density at radius 1 is 1.07 bits per heavy atom. The maximum Gasteiger partial charge on any atom is 0.269 e. The molecule has 2 aromatic heterocycles. The molecule has 30 heavy (non-hydrogen) atoms. The number of thiophene rings is 1. The molecular formula is C23H15Cl2N3OS. The average molecular weight is 452 g/mol. The average Bonchev–Trinajstić information content (AvgIpc) is 3.31. The van der Waals surface area contributed by atoms with Crippen LogP contribution in [0.15, 0.2) is 60.7 Å². The van der Waals surface area contributed by atoms with Crippen LogP contribution in [0.1, 0.15) is 26.5 Å². The van der Waals surface area contributed by atoms with Gasteiger partial charge in [-0.1, -0.05) is 53.2 Å². The largest absolute Gasteiger partial charge is 0.364 e. The molecule has 7 heteroatoms. The van der Waals surface area contributed by atoms with Crippen LogP contribution in [0.5, 0.6) is 0 Å². The van der Waals surface area contributed by atoms with Crippen LogP contribution in [0.4, 0.5) is 0 Å². The van der Waals surface area contributed by atoms with Gasteiger partial charge in [-0.25, -0.2) is 4.68 Å². The molecule has 0 spiro atoms. The number of aromatic nitrogens is 2. The monoisotopic (exact) mass is 451 g/mol. The number of carbonyl (C=O) groups is 1. The summed E-state index contributed by atoms with van der Waals surface area (Å²) in [5, 5.41) is 5.37. The first-order valence-corrected chi connectivity index (χ1v) is 10.5. The summed E-state index contributed by atoms with van der Waals surface area (Å²) < 4.78 is 1.63. The van der Waals surface area contributed by atoms with Crippen LogP contribution < -0.4 is 5.73 Å². The van der Waals surface area contributed by atoms with Crippen molar-refractivity contribution in [2.24, 2.45) is 5.73 Å². The summed E-state index contributed by atoms with van der Waals surface area (Å²) in [6.45, 7) is 1.82. The lowest BCUT2D eigenvalue weighted by molar-refractivity contribution is 0.0994. The highest BCUT2D eigenvalue weighted by Crippen LogP contribution is 2.35. The molecule has 0 bridgehead atoms. The Kier molecular flexibility index (Phi) is 5.65. The molecule has 4 nitrogen and oxygen atoms in total. The SMILES string of the molecule is Cc1c(C(N)=O)nn(-c2ccc(Cl)cc2Cl)c1-c1ccc(C#Cc2ccccc2)s1. The highest BCUT2D eigenvalue weighted by molar-refractivity contribution is 7.16. The van der Waals surface area contributed by atoms with E-state index in [4.69, 9.17) is 28.9 Å². The van der Waals surface area contributed by atoms with E-state index in [2.05, 4.69) is 16.9 Å².